The number of aryl methyl sites for hydroxylation is 1. The summed E-state index contributed by atoms with van der Waals surface area (Å²) in [5.41, 5.74) is 0.968. The molecule has 0 fully saturated rings. The van der Waals surface area contributed by atoms with Crippen LogP contribution >= 0.6 is 0 Å². The lowest BCUT2D eigenvalue weighted by Crippen LogP contribution is -2.18. The molecule has 118 valence electrons. The van der Waals surface area contributed by atoms with Gasteiger partial charge in [-0.1, -0.05) is 44.4 Å². The van der Waals surface area contributed by atoms with Crippen molar-refractivity contribution in [3.63, 3.8) is 0 Å². The Balaban J connectivity index is 2.00. The molecule has 1 aromatic carbocycles. The Kier molecular flexibility index (Phi) is 6.13. The Morgan fingerprint density at radius 2 is 1.73 bits per heavy atom. The zero-order valence-electron chi connectivity index (χ0n) is 13.6. The van der Waals surface area contributed by atoms with Crippen LogP contribution in [0.15, 0.2) is 30.3 Å². The first kappa shape index (κ1) is 16.2. The van der Waals surface area contributed by atoms with Crippen molar-refractivity contribution in [2.45, 2.75) is 52.5 Å². The molecule has 2 N–H and O–H groups in total. The quantitative estimate of drug-likeness (QED) is 0.711. The third-order valence-corrected chi connectivity index (χ3v) is 3.39. The summed E-state index contributed by atoms with van der Waals surface area (Å²) < 4.78 is 0. The van der Waals surface area contributed by atoms with Gasteiger partial charge in [0, 0.05) is 11.7 Å². The Morgan fingerprint density at radius 1 is 1.00 bits per heavy atom. The topological polar surface area (TPSA) is 62.7 Å². The van der Waals surface area contributed by atoms with Crippen molar-refractivity contribution in [2.75, 3.05) is 10.6 Å². The molecule has 1 atom stereocenters. The van der Waals surface area contributed by atoms with Gasteiger partial charge in [-0.05, 0) is 32.4 Å². The molecule has 0 saturated carbocycles. The molecule has 1 unspecified atom stereocenters. The van der Waals surface area contributed by atoms with E-state index in [-0.39, 0.29) is 0 Å². The average molecular weight is 299 g/mol. The van der Waals surface area contributed by atoms with Crippen LogP contribution in [0.1, 0.15) is 45.4 Å². The van der Waals surface area contributed by atoms with E-state index in [0.29, 0.717) is 23.8 Å². The van der Waals surface area contributed by atoms with Crippen LogP contribution in [0.2, 0.25) is 0 Å². The lowest BCUT2D eigenvalue weighted by molar-refractivity contribution is 0.611. The highest BCUT2D eigenvalue weighted by Gasteiger charge is 2.07. The van der Waals surface area contributed by atoms with Crippen LogP contribution in [0.5, 0.6) is 0 Å². The maximum atomic E-state index is 4.45. The molecule has 0 bridgehead atoms. The number of unbranched alkanes of at least 4 members (excludes halogenated alkanes) is 2. The molecule has 1 heterocycles. The number of aromatic nitrogens is 3. The molecular weight excluding hydrogens is 274 g/mol. The van der Waals surface area contributed by atoms with Crippen molar-refractivity contribution in [2.24, 2.45) is 0 Å². The van der Waals surface area contributed by atoms with Gasteiger partial charge < -0.3 is 10.6 Å². The summed E-state index contributed by atoms with van der Waals surface area (Å²) in [5.74, 6) is 1.91. The predicted molar refractivity (Wildman–Crippen MR) is 91.5 cm³/mol. The molecule has 0 aliphatic carbocycles. The number of hydrogen-bond donors (Lipinski definition) is 2. The van der Waals surface area contributed by atoms with E-state index in [9.17, 15) is 0 Å². The van der Waals surface area contributed by atoms with E-state index in [1.165, 1.54) is 19.3 Å². The summed E-state index contributed by atoms with van der Waals surface area (Å²) >= 11 is 0. The molecule has 0 radical (unpaired) electrons. The van der Waals surface area contributed by atoms with Gasteiger partial charge in [0.25, 0.3) is 0 Å². The van der Waals surface area contributed by atoms with Gasteiger partial charge in [0.15, 0.2) is 0 Å². The number of hydrogen-bond acceptors (Lipinski definition) is 5. The molecule has 2 aromatic rings. The summed E-state index contributed by atoms with van der Waals surface area (Å²) in [6.45, 7) is 6.26. The second-order valence-electron chi connectivity index (χ2n) is 5.56. The van der Waals surface area contributed by atoms with Crippen molar-refractivity contribution in [1.29, 1.82) is 0 Å². The number of para-hydroxylation sites is 1. The van der Waals surface area contributed by atoms with Crippen LogP contribution in [0, 0.1) is 6.92 Å². The number of nitrogens with one attached hydrogen (secondary N) is 2. The second-order valence-corrected chi connectivity index (χ2v) is 5.56. The minimum atomic E-state index is 0.359. The fourth-order valence-electron chi connectivity index (χ4n) is 2.25. The molecular formula is C17H25N5. The van der Waals surface area contributed by atoms with Gasteiger partial charge in [0.05, 0.1) is 0 Å². The normalized spacial score (nSPS) is 12.0. The number of benzene rings is 1. The maximum Gasteiger partial charge on any atom is 0.232 e. The van der Waals surface area contributed by atoms with Gasteiger partial charge in [-0.3, -0.25) is 0 Å². The Hall–Kier alpha value is -2.17. The summed E-state index contributed by atoms with van der Waals surface area (Å²) in [4.78, 5) is 13.2. The van der Waals surface area contributed by atoms with Gasteiger partial charge in [0.1, 0.15) is 5.82 Å². The van der Waals surface area contributed by atoms with E-state index in [1.54, 1.807) is 0 Å². The number of nitrogens with zero attached hydrogens (tertiary/aromatic N) is 3. The molecule has 0 amide bonds. The predicted octanol–water partition coefficient (Wildman–Crippen LogP) is 4.30. The van der Waals surface area contributed by atoms with Gasteiger partial charge in [-0.25, -0.2) is 0 Å². The number of rotatable bonds is 8. The largest absolute Gasteiger partial charge is 0.352 e. The first-order valence-corrected chi connectivity index (χ1v) is 7.98. The molecule has 1 aromatic heterocycles. The van der Waals surface area contributed by atoms with Crippen LogP contribution in [-0.4, -0.2) is 21.0 Å². The minimum absolute atomic E-state index is 0.359. The fraction of sp³-hybridized carbons (Fsp3) is 0.471. The van der Waals surface area contributed by atoms with Gasteiger partial charge in [-0.2, -0.15) is 15.0 Å². The Labute approximate surface area is 132 Å². The van der Waals surface area contributed by atoms with E-state index in [0.717, 1.165) is 12.1 Å². The summed E-state index contributed by atoms with van der Waals surface area (Å²) in [5, 5.41) is 6.57. The maximum absolute atomic E-state index is 4.45. The smallest absolute Gasteiger partial charge is 0.232 e. The van der Waals surface area contributed by atoms with E-state index in [2.05, 4.69) is 39.4 Å². The molecule has 0 saturated heterocycles. The standard InChI is InChI=1S/C17H25N5/c1-4-5-7-10-13(2)18-16-19-14(3)20-17(22-16)21-15-11-8-6-9-12-15/h6,8-9,11-13H,4-5,7,10H2,1-3H3,(H2,18,19,20,21,22). The van der Waals surface area contributed by atoms with Crippen LogP contribution < -0.4 is 10.6 Å². The lowest BCUT2D eigenvalue weighted by atomic mass is 10.1. The zero-order chi connectivity index (χ0) is 15.8. The SMILES string of the molecule is CCCCCC(C)Nc1nc(C)nc(Nc2ccccc2)n1. The average Bonchev–Trinajstić information content (AvgIpc) is 2.48. The molecule has 0 aliphatic rings. The van der Waals surface area contributed by atoms with Gasteiger partial charge >= 0.3 is 0 Å². The first-order valence-electron chi connectivity index (χ1n) is 7.98. The van der Waals surface area contributed by atoms with Crippen LogP contribution in [0.3, 0.4) is 0 Å². The highest BCUT2D eigenvalue weighted by Crippen LogP contribution is 2.14. The lowest BCUT2D eigenvalue weighted by Gasteiger charge is -2.14. The molecule has 0 aliphatic heterocycles. The molecule has 5 heteroatoms. The highest BCUT2D eigenvalue weighted by atomic mass is 15.2. The molecule has 0 spiro atoms. The summed E-state index contributed by atoms with van der Waals surface area (Å²) in [6, 6.07) is 10.3. The van der Waals surface area contributed by atoms with Gasteiger partial charge in [0.2, 0.25) is 11.9 Å². The first-order chi connectivity index (χ1) is 10.7. The Morgan fingerprint density at radius 3 is 2.45 bits per heavy atom. The Bertz CT molecular complexity index is 571. The zero-order valence-corrected chi connectivity index (χ0v) is 13.6. The van der Waals surface area contributed by atoms with Crippen LogP contribution in [0.4, 0.5) is 17.6 Å². The van der Waals surface area contributed by atoms with E-state index in [4.69, 9.17) is 0 Å². The third-order valence-electron chi connectivity index (χ3n) is 3.39. The summed E-state index contributed by atoms with van der Waals surface area (Å²) in [7, 11) is 0. The minimum Gasteiger partial charge on any atom is -0.352 e. The third kappa shape index (κ3) is 5.31. The summed E-state index contributed by atoms with van der Waals surface area (Å²) in [6.07, 6.45) is 4.86. The van der Waals surface area contributed by atoms with E-state index >= 15 is 0 Å². The fourth-order valence-corrected chi connectivity index (χ4v) is 2.25. The monoisotopic (exact) mass is 299 g/mol. The van der Waals surface area contributed by atoms with Crippen molar-refractivity contribution in [3.05, 3.63) is 36.2 Å². The van der Waals surface area contributed by atoms with Crippen molar-refractivity contribution < 1.29 is 0 Å². The van der Waals surface area contributed by atoms with Crippen molar-refractivity contribution in [1.82, 2.24) is 15.0 Å². The molecule has 22 heavy (non-hydrogen) atoms. The van der Waals surface area contributed by atoms with E-state index < -0.39 is 0 Å². The van der Waals surface area contributed by atoms with Crippen molar-refractivity contribution >= 4 is 17.6 Å². The van der Waals surface area contributed by atoms with Crippen LogP contribution in [0.25, 0.3) is 0 Å². The van der Waals surface area contributed by atoms with Crippen LogP contribution in [-0.2, 0) is 0 Å². The van der Waals surface area contributed by atoms with E-state index in [1.807, 2.05) is 37.3 Å². The molecule has 2 rings (SSSR count). The second kappa shape index (κ2) is 8.32. The number of anilines is 3. The highest BCUT2D eigenvalue weighted by molar-refractivity contribution is 5.53. The molecule has 5 nitrogen and oxygen atoms in total. The van der Waals surface area contributed by atoms with Gasteiger partial charge in [-0.15, -0.1) is 0 Å². The van der Waals surface area contributed by atoms with Crippen molar-refractivity contribution in [3.8, 4) is 0 Å².